The summed E-state index contributed by atoms with van der Waals surface area (Å²) in [5.41, 5.74) is 0.110. The molecule has 1 rings (SSSR count). The maximum atomic E-state index is 10.5. The molecule has 0 aromatic heterocycles. The molecule has 1 aromatic carbocycles. The second kappa shape index (κ2) is 8.99. The van der Waals surface area contributed by atoms with Crippen molar-refractivity contribution in [2.75, 3.05) is 0 Å². The number of nitrogens with zero attached hydrogens (tertiary/aromatic N) is 1. The first-order valence-electron chi connectivity index (χ1n) is 6.39. The normalized spacial score (nSPS) is 11.6. The van der Waals surface area contributed by atoms with Gasteiger partial charge in [0.05, 0.1) is 4.92 Å². The lowest BCUT2D eigenvalue weighted by molar-refractivity contribution is -0.384. The van der Waals surface area contributed by atoms with E-state index in [0.29, 0.717) is 0 Å². The minimum Gasteiger partial charge on any atom is -0.258 e. The molecule has 0 unspecified atom stereocenters. The van der Waals surface area contributed by atoms with E-state index in [1.807, 2.05) is 5.41 Å². The van der Waals surface area contributed by atoms with Gasteiger partial charge in [-0.05, 0) is 30.4 Å². The summed E-state index contributed by atoms with van der Waals surface area (Å²) < 4.78 is 0. The molecule has 0 spiro atoms. The molecule has 3 nitrogen and oxygen atoms in total. The minimum atomic E-state index is -0.398. The Kier molecular flexibility index (Phi) is 7.60. The van der Waals surface area contributed by atoms with Crippen molar-refractivity contribution in [3.05, 3.63) is 44.8 Å². The molecule has 0 bridgehead atoms. The number of nitro groups is 1. The van der Waals surface area contributed by atoms with Gasteiger partial charge in [0.15, 0.2) is 0 Å². The first-order valence-corrected chi connectivity index (χ1v) is 7.65. The molecule has 0 aliphatic heterocycles. The molecule has 104 valence electrons. The van der Waals surface area contributed by atoms with Crippen molar-refractivity contribution in [2.45, 2.75) is 43.9 Å². The standard InChI is InChI=1S/C14H18ClNO2S/c1-2-3-4-5-6-12(15)11-19-14-9-7-13(8-10-14)16(17)18/h7-11H,2-6H2,1H3/b12-11+. The van der Waals surface area contributed by atoms with E-state index < -0.39 is 4.92 Å². The van der Waals surface area contributed by atoms with E-state index >= 15 is 0 Å². The lowest BCUT2D eigenvalue weighted by atomic mass is 10.1. The third-order valence-electron chi connectivity index (χ3n) is 2.64. The molecule has 0 N–H and O–H groups in total. The third kappa shape index (κ3) is 6.64. The van der Waals surface area contributed by atoms with Crippen molar-refractivity contribution >= 4 is 29.1 Å². The monoisotopic (exact) mass is 299 g/mol. The highest BCUT2D eigenvalue weighted by molar-refractivity contribution is 8.02. The van der Waals surface area contributed by atoms with Crippen molar-refractivity contribution in [3.63, 3.8) is 0 Å². The summed E-state index contributed by atoms with van der Waals surface area (Å²) in [6.07, 6.45) is 5.70. The summed E-state index contributed by atoms with van der Waals surface area (Å²) in [4.78, 5) is 11.1. The molecule has 0 amide bonds. The minimum absolute atomic E-state index is 0.110. The largest absolute Gasteiger partial charge is 0.269 e. The number of halogens is 1. The summed E-state index contributed by atoms with van der Waals surface area (Å²) in [5, 5.41) is 13.3. The number of rotatable bonds is 8. The predicted molar refractivity (Wildman–Crippen MR) is 81.6 cm³/mol. The van der Waals surface area contributed by atoms with E-state index in [2.05, 4.69) is 6.92 Å². The maximum Gasteiger partial charge on any atom is 0.269 e. The van der Waals surface area contributed by atoms with Crippen LogP contribution < -0.4 is 0 Å². The molecular formula is C14H18ClNO2S. The summed E-state index contributed by atoms with van der Waals surface area (Å²) in [6, 6.07) is 6.48. The van der Waals surface area contributed by atoms with Crippen LogP contribution in [0.1, 0.15) is 39.0 Å². The van der Waals surface area contributed by atoms with Crippen molar-refractivity contribution < 1.29 is 4.92 Å². The van der Waals surface area contributed by atoms with Crippen molar-refractivity contribution in [2.24, 2.45) is 0 Å². The highest BCUT2D eigenvalue weighted by Crippen LogP contribution is 2.26. The number of hydrogen-bond donors (Lipinski definition) is 0. The Morgan fingerprint density at radius 2 is 2.00 bits per heavy atom. The fraction of sp³-hybridized carbons (Fsp3) is 0.429. The van der Waals surface area contributed by atoms with E-state index in [-0.39, 0.29) is 5.69 Å². The van der Waals surface area contributed by atoms with Gasteiger partial charge in [0.25, 0.3) is 5.69 Å². The Hall–Kier alpha value is -1.00. The Labute approximate surface area is 123 Å². The van der Waals surface area contributed by atoms with Gasteiger partial charge >= 0.3 is 0 Å². The van der Waals surface area contributed by atoms with Gasteiger partial charge in [0.2, 0.25) is 0 Å². The molecule has 0 aliphatic carbocycles. The van der Waals surface area contributed by atoms with Crippen LogP contribution in [0.25, 0.3) is 0 Å². The number of nitro benzene ring substituents is 1. The number of unbranched alkanes of at least 4 members (excludes halogenated alkanes) is 3. The van der Waals surface area contributed by atoms with Crippen LogP contribution >= 0.6 is 23.4 Å². The molecule has 0 saturated carbocycles. The third-order valence-corrected chi connectivity index (χ3v) is 4.01. The summed E-state index contributed by atoms with van der Waals surface area (Å²) >= 11 is 7.62. The van der Waals surface area contributed by atoms with Crippen LogP contribution in [-0.2, 0) is 0 Å². The average Bonchev–Trinajstić information content (AvgIpc) is 2.42. The molecule has 0 aliphatic rings. The molecule has 19 heavy (non-hydrogen) atoms. The topological polar surface area (TPSA) is 43.1 Å². The summed E-state index contributed by atoms with van der Waals surface area (Å²) in [5.74, 6) is 0. The van der Waals surface area contributed by atoms with Gasteiger partial charge in [-0.3, -0.25) is 10.1 Å². The van der Waals surface area contributed by atoms with Crippen LogP contribution in [0.2, 0.25) is 0 Å². The molecule has 1 aromatic rings. The average molecular weight is 300 g/mol. The Morgan fingerprint density at radius 3 is 2.58 bits per heavy atom. The molecule has 0 radical (unpaired) electrons. The second-order valence-corrected chi connectivity index (χ2v) is 5.67. The van der Waals surface area contributed by atoms with Crippen LogP contribution in [0.3, 0.4) is 0 Å². The molecule has 5 heteroatoms. The second-order valence-electron chi connectivity index (χ2n) is 4.24. The van der Waals surface area contributed by atoms with Crippen molar-refractivity contribution in [1.29, 1.82) is 0 Å². The molecule has 0 saturated heterocycles. The number of thioether (sulfide) groups is 1. The number of benzene rings is 1. The SMILES string of the molecule is CCCCCC/C(Cl)=C\Sc1ccc([N+](=O)[O-])cc1. The van der Waals surface area contributed by atoms with Gasteiger partial charge in [0, 0.05) is 22.1 Å². The predicted octanol–water partition coefficient (Wildman–Crippen LogP) is 5.74. The first-order chi connectivity index (χ1) is 9.13. The van der Waals surface area contributed by atoms with Gasteiger partial charge in [-0.2, -0.15) is 0 Å². The van der Waals surface area contributed by atoms with Gasteiger partial charge in [-0.15, -0.1) is 0 Å². The van der Waals surface area contributed by atoms with Crippen molar-refractivity contribution in [1.82, 2.24) is 0 Å². The Morgan fingerprint density at radius 1 is 1.32 bits per heavy atom. The number of hydrogen-bond acceptors (Lipinski definition) is 3. The quantitative estimate of drug-likeness (QED) is 0.266. The van der Waals surface area contributed by atoms with Crippen LogP contribution in [0.5, 0.6) is 0 Å². The maximum absolute atomic E-state index is 10.5. The zero-order chi connectivity index (χ0) is 14.1. The van der Waals surface area contributed by atoms with Crippen molar-refractivity contribution in [3.8, 4) is 0 Å². The van der Waals surface area contributed by atoms with E-state index in [4.69, 9.17) is 11.6 Å². The fourth-order valence-corrected chi connectivity index (χ4v) is 2.50. The smallest absolute Gasteiger partial charge is 0.258 e. The Balaban J connectivity index is 2.39. The van der Waals surface area contributed by atoms with Gasteiger partial charge in [-0.25, -0.2) is 0 Å². The van der Waals surface area contributed by atoms with Gasteiger partial charge in [-0.1, -0.05) is 49.5 Å². The van der Waals surface area contributed by atoms with E-state index in [1.165, 1.54) is 43.2 Å². The highest BCUT2D eigenvalue weighted by atomic mass is 35.5. The van der Waals surface area contributed by atoms with Gasteiger partial charge in [0.1, 0.15) is 0 Å². The lowest BCUT2D eigenvalue weighted by Crippen LogP contribution is -1.86. The molecule has 0 fully saturated rings. The van der Waals surface area contributed by atoms with E-state index in [1.54, 1.807) is 12.1 Å². The lowest BCUT2D eigenvalue weighted by Gasteiger charge is -2.00. The summed E-state index contributed by atoms with van der Waals surface area (Å²) in [7, 11) is 0. The zero-order valence-corrected chi connectivity index (χ0v) is 12.5. The Bertz CT molecular complexity index is 432. The van der Waals surface area contributed by atoms with Gasteiger partial charge < -0.3 is 0 Å². The molecule has 0 atom stereocenters. The van der Waals surface area contributed by atoms with E-state index in [9.17, 15) is 10.1 Å². The van der Waals surface area contributed by atoms with Crippen LogP contribution in [-0.4, -0.2) is 4.92 Å². The van der Waals surface area contributed by atoms with Crippen LogP contribution in [0.4, 0.5) is 5.69 Å². The fourth-order valence-electron chi connectivity index (χ4n) is 1.56. The molecule has 0 heterocycles. The van der Waals surface area contributed by atoms with E-state index in [0.717, 1.165) is 22.8 Å². The number of allylic oxidation sites excluding steroid dienone is 1. The summed E-state index contributed by atoms with van der Waals surface area (Å²) in [6.45, 7) is 2.18. The molecular weight excluding hydrogens is 282 g/mol. The highest BCUT2D eigenvalue weighted by Gasteiger charge is 2.03. The van der Waals surface area contributed by atoms with Crippen LogP contribution in [0, 0.1) is 10.1 Å². The number of non-ortho nitro benzene ring substituents is 1. The van der Waals surface area contributed by atoms with Crippen LogP contribution in [0.15, 0.2) is 39.6 Å². The zero-order valence-electron chi connectivity index (χ0n) is 11.0. The first kappa shape index (κ1) is 16.1.